The topological polar surface area (TPSA) is 64.5 Å². The van der Waals surface area contributed by atoms with Gasteiger partial charge in [0.25, 0.3) is 0 Å². The van der Waals surface area contributed by atoms with Gasteiger partial charge in [0.2, 0.25) is 0 Å². The molecule has 124 valence electrons. The van der Waals surface area contributed by atoms with Crippen molar-refractivity contribution in [1.82, 2.24) is 5.01 Å². The van der Waals surface area contributed by atoms with E-state index in [9.17, 15) is 0 Å². The lowest BCUT2D eigenvalue weighted by Crippen LogP contribution is -2.55. The van der Waals surface area contributed by atoms with Gasteiger partial charge in [-0.2, -0.15) is 0 Å². The van der Waals surface area contributed by atoms with Gasteiger partial charge in [0, 0.05) is 19.1 Å². The predicted octanol–water partition coefficient (Wildman–Crippen LogP) is 3.16. The van der Waals surface area contributed by atoms with Gasteiger partial charge in [0.1, 0.15) is 0 Å². The van der Waals surface area contributed by atoms with Crippen molar-refractivity contribution < 1.29 is 4.74 Å². The van der Waals surface area contributed by atoms with Crippen LogP contribution < -0.4 is 11.6 Å². The van der Waals surface area contributed by atoms with Crippen LogP contribution in [0, 0.1) is 5.41 Å². The van der Waals surface area contributed by atoms with Gasteiger partial charge in [-0.3, -0.25) is 5.84 Å². The molecule has 3 atom stereocenters. The fraction of sp³-hybridized carbons (Fsp3) is 1.00. The molecule has 0 aromatic rings. The zero-order chi connectivity index (χ0) is 16.3. The fourth-order valence-electron chi connectivity index (χ4n) is 2.07. The molecule has 4 heteroatoms. The van der Waals surface area contributed by atoms with Crippen LogP contribution in [0.5, 0.6) is 0 Å². The molecule has 0 aliphatic heterocycles. The van der Waals surface area contributed by atoms with E-state index in [2.05, 4.69) is 34.6 Å². The molecule has 20 heavy (non-hydrogen) atoms. The lowest BCUT2D eigenvalue weighted by atomic mass is 9.95. The summed E-state index contributed by atoms with van der Waals surface area (Å²) in [6, 6.07) is 0.146. The number of hydrogen-bond acceptors (Lipinski definition) is 4. The number of rotatable bonds is 8. The first kappa shape index (κ1) is 22.1. The molecule has 0 aliphatic carbocycles. The van der Waals surface area contributed by atoms with Gasteiger partial charge < -0.3 is 10.5 Å². The first-order chi connectivity index (χ1) is 9.22. The summed E-state index contributed by atoms with van der Waals surface area (Å²) < 4.78 is 5.99. The van der Waals surface area contributed by atoms with Gasteiger partial charge in [0.05, 0.1) is 12.7 Å². The summed E-state index contributed by atoms with van der Waals surface area (Å²) in [6.45, 7) is 15.5. The molecule has 0 fully saturated rings. The first-order valence-electron chi connectivity index (χ1n) is 8.07. The minimum atomic E-state index is -0.0349. The molecule has 4 nitrogen and oxygen atoms in total. The SMILES string of the molecule is CC.CCCC(C(N)C(CC)OCC(C)(C)C)N(C)N. The Hall–Kier alpha value is -0.160. The summed E-state index contributed by atoms with van der Waals surface area (Å²) in [5, 5.41) is 1.73. The summed E-state index contributed by atoms with van der Waals surface area (Å²) in [7, 11) is 1.89. The zero-order valence-corrected chi connectivity index (χ0v) is 15.1. The van der Waals surface area contributed by atoms with E-state index in [1.54, 1.807) is 5.01 Å². The molecule has 0 aliphatic rings. The molecule has 0 bridgehead atoms. The van der Waals surface area contributed by atoms with Crippen LogP contribution in [0.4, 0.5) is 0 Å². The second kappa shape index (κ2) is 11.5. The Kier molecular flexibility index (Phi) is 12.7. The van der Waals surface area contributed by atoms with Crippen molar-refractivity contribution in [2.75, 3.05) is 13.7 Å². The third kappa shape index (κ3) is 9.70. The second-order valence-electron chi connectivity index (χ2n) is 6.42. The largest absolute Gasteiger partial charge is 0.376 e. The fourth-order valence-corrected chi connectivity index (χ4v) is 2.07. The average molecular weight is 290 g/mol. The lowest BCUT2D eigenvalue weighted by Gasteiger charge is -2.35. The molecular weight excluding hydrogens is 250 g/mol. The highest BCUT2D eigenvalue weighted by Crippen LogP contribution is 2.18. The number of hydrazine groups is 1. The Labute approximate surface area is 127 Å². The zero-order valence-electron chi connectivity index (χ0n) is 15.1. The molecule has 3 unspecified atom stereocenters. The van der Waals surface area contributed by atoms with Gasteiger partial charge in [-0.1, -0.05) is 54.9 Å². The van der Waals surface area contributed by atoms with E-state index in [1.165, 1.54) is 0 Å². The standard InChI is InChI=1S/C14H33N3O.C2H6/c1-7-9-11(17(6)16)13(15)12(8-2)18-10-14(3,4)5;1-2/h11-13H,7-10,15-16H2,1-6H3;1-2H3. The molecule has 0 amide bonds. The van der Waals surface area contributed by atoms with Gasteiger partial charge >= 0.3 is 0 Å². The Morgan fingerprint density at radius 2 is 1.65 bits per heavy atom. The van der Waals surface area contributed by atoms with E-state index in [4.69, 9.17) is 16.3 Å². The van der Waals surface area contributed by atoms with Crippen molar-refractivity contribution in [3.05, 3.63) is 0 Å². The number of nitrogens with zero attached hydrogens (tertiary/aromatic N) is 1. The van der Waals surface area contributed by atoms with Crippen LogP contribution in [-0.2, 0) is 4.74 Å². The summed E-state index contributed by atoms with van der Waals surface area (Å²) in [5.41, 5.74) is 6.51. The number of nitrogens with two attached hydrogens (primary N) is 2. The highest BCUT2D eigenvalue weighted by Gasteiger charge is 2.28. The molecule has 0 saturated carbocycles. The minimum absolute atomic E-state index is 0.0349. The Bertz CT molecular complexity index is 214. The maximum absolute atomic E-state index is 6.34. The molecular formula is C16H39N3O. The average Bonchev–Trinajstić information content (AvgIpc) is 2.37. The summed E-state index contributed by atoms with van der Waals surface area (Å²) in [4.78, 5) is 0. The molecule has 0 radical (unpaired) electrons. The monoisotopic (exact) mass is 289 g/mol. The lowest BCUT2D eigenvalue weighted by molar-refractivity contribution is -0.0233. The van der Waals surface area contributed by atoms with Crippen LogP contribution >= 0.6 is 0 Å². The number of ether oxygens (including phenoxy) is 1. The van der Waals surface area contributed by atoms with Gasteiger partial charge in [-0.05, 0) is 18.3 Å². The van der Waals surface area contributed by atoms with Crippen molar-refractivity contribution in [3.8, 4) is 0 Å². The van der Waals surface area contributed by atoms with Crippen LogP contribution in [-0.4, -0.2) is 36.9 Å². The van der Waals surface area contributed by atoms with Crippen LogP contribution in [0.1, 0.15) is 67.7 Å². The molecule has 4 N–H and O–H groups in total. The van der Waals surface area contributed by atoms with Crippen LogP contribution in [0.25, 0.3) is 0 Å². The van der Waals surface area contributed by atoms with Crippen molar-refractivity contribution in [2.24, 2.45) is 17.0 Å². The number of likely N-dealkylation sites (N-methyl/N-ethyl adjacent to an activating group) is 1. The van der Waals surface area contributed by atoms with E-state index < -0.39 is 0 Å². The Morgan fingerprint density at radius 1 is 1.15 bits per heavy atom. The molecule has 0 aromatic carbocycles. The quantitative estimate of drug-likeness (QED) is 0.532. The highest BCUT2D eigenvalue weighted by atomic mass is 16.5. The highest BCUT2D eigenvalue weighted by molar-refractivity contribution is 4.85. The van der Waals surface area contributed by atoms with E-state index in [0.29, 0.717) is 0 Å². The molecule has 0 saturated heterocycles. The smallest absolute Gasteiger partial charge is 0.0739 e. The second-order valence-corrected chi connectivity index (χ2v) is 6.42. The normalized spacial score (nSPS) is 16.4. The van der Waals surface area contributed by atoms with E-state index in [-0.39, 0.29) is 23.6 Å². The maximum Gasteiger partial charge on any atom is 0.0739 e. The third-order valence-corrected chi connectivity index (χ3v) is 3.11. The van der Waals surface area contributed by atoms with Crippen molar-refractivity contribution in [3.63, 3.8) is 0 Å². The van der Waals surface area contributed by atoms with E-state index in [1.807, 2.05) is 20.9 Å². The predicted molar refractivity (Wildman–Crippen MR) is 89.5 cm³/mol. The van der Waals surface area contributed by atoms with Crippen molar-refractivity contribution >= 4 is 0 Å². The maximum atomic E-state index is 6.34. The van der Waals surface area contributed by atoms with Gasteiger partial charge in [0.15, 0.2) is 0 Å². The summed E-state index contributed by atoms with van der Waals surface area (Å²) in [5.74, 6) is 5.90. The molecule has 0 aromatic heterocycles. The Balaban J connectivity index is 0. The van der Waals surface area contributed by atoms with E-state index >= 15 is 0 Å². The minimum Gasteiger partial charge on any atom is -0.376 e. The first-order valence-corrected chi connectivity index (χ1v) is 8.07. The van der Waals surface area contributed by atoms with Crippen molar-refractivity contribution in [1.29, 1.82) is 0 Å². The molecule has 0 heterocycles. The third-order valence-electron chi connectivity index (χ3n) is 3.11. The summed E-state index contributed by atoms with van der Waals surface area (Å²) >= 11 is 0. The summed E-state index contributed by atoms with van der Waals surface area (Å²) in [6.07, 6.45) is 3.08. The van der Waals surface area contributed by atoms with Crippen LogP contribution in [0.15, 0.2) is 0 Å². The van der Waals surface area contributed by atoms with Crippen molar-refractivity contribution in [2.45, 2.75) is 85.9 Å². The van der Waals surface area contributed by atoms with Crippen LogP contribution in [0.2, 0.25) is 0 Å². The molecule has 0 spiro atoms. The molecule has 0 rings (SSSR count). The van der Waals surface area contributed by atoms with E-state index in [0.717, 1.165) is 25.9 Å². The van der Waals surface area contributed by atoms with Gasteiger partial charge in [-0.15, -0.1) is 0 Å². The number of hydrogen-bond donors (Lipinski definition) is 2. The Morgan fingerprint density at radius 3 is 1.95 bits per heavy atom. The van der Waals surface area contributed by atoms with Gasteiger partial charge in [-0.25, -0.2) is 5.01 Å². The van der Waals surface area contributed by atoms with Crippen LogP contribution in [0.3, 0.4) is 0 Å².